The summed E-state index contributed by atoms with van der Waals surface area (Å²) >= 11 is 0. The van der Waals surface area contributed by atoms with Gasteiger partial charge in [0.1, 0.15) is 0 Å². The molecule has 112 valence electrons. The average molecular weight is 294 g/mol. The van der Waals surface area contributed by atoms with Gasteiger partial charge >= 0.3 is 6.03 Å². The van der Waals surface area contributed by atoms with Crippen molar-refractivity contribution in [2.45, 2.75) is 26.3 Å². The predicted molar refractivity (Wildman–Crippen MR) is 89.0 cm³/mol. The van der Waals surface area contributed by atoms with E-state index < -0.39 is 0 Å². The van der Waals surface area contributed by atoms with Crippen molar-refractivity contribution in [2.24, 2.45) is 0 Å². The Morgan fingerprint density at radius 1 is 1.05 bits per heavy atom. The second-order valence-electron chi connectivity index (χ2n) is 6.23. The van der Waals surface area contributed by atoms with E-state index in [4.69, 9.17) is 0 Å². The van der Waals surface area contributed by atoms with E-state index in [1.165, 1.54) is 0 Å². The number of rotatable bonds is 1. The van der Waals surface area contributed by atoms with Gasteiger partial charge in [0.15, 0.2) is 0 Å². The van der Waals surface area contributed by atoms with Crippen LogP contribution in [-0.4, -0.2) is 21.5 Å². The lowest BCUT2D eigenvalue weighted by Gasteiger charge is -2.21. The van der Waals surface area contributed by atoms with E-state index in [1.807, 2.05) is 51.1 Å². The molecule has 0 aliphatic rings. The molecule has 1 aromatic carbocycles. The number of amides is 2. The Morgan fingerprint density at radius 2 is 1.73 bits per heavy atom. The minimum absolute atomic E-state index is 0.248. The van der Waals surface area contributed by atoms with Gasteiger partial charge in [-0.1, -0.05) is 6.07 Å². The molecule has 2 amide bonds. The van der Waals surface area contributed by atoms with Crippen LogP contribution in [0.5, 0.6) is 0 Å². The molecule has 2 aromatic heterocycles. The highest BCUT2D eigenvalue weighted by Gasteiger charge is 2.15. The van der Waals surface area contributed by atoms with Gasteiger partial charge in [-0.15, -0.1) is 0 Å². The number of nitrogens with one attached hydrogen (secondary N) is 2. The molecule has 3 aromatic rings. The van der Waals surface area contributed by atoms with Crippen LogP contribution < -0.4 is 10.6 Å². The predicted octanol–water partition coefficient (Wildman–Crippen LogP) is 3.70. The second-order valence-corrected chi connectivity index (χ2v) is 6.23. The third-order valence-corrected chi connectivity index (χ3v) is 3.19. The van der Waals surface area contributed by atoms with E-state index in [0.29, 0.717) is 5.69 Å². The molecule has 2 N–H and O–H groups in total. The monoisotopic (exact) mass is 294 g/mol. The van der Waals surface area contributed by atoms with Crippen LogP contribution in [0.3, 0.4) is 0 Å². The summed E-state index contributed by atoms with van der Waals surface area (Å²) in [6.07, 6.45) is 3.47. The third kappa shape index (κ3) is 2.83. The number of benzene rings is 1. The van der Waals surface area contributed by atoms with E-state index in [9.17, 15) is 4.79 Å². The molecule has 22 heavy (non-hydrogen) atoms. The maximum Gasteiger partial charge on any atom is 0.319 e. The molecule has 0 saturated heterocycles. The Hall–Kier alpha value is -2.69. The van der Waals surface area contributed by atoms with Gasteiger partial charge < -0.3 is 10.6 Å². The molecule has 0 bridgehead atoms. The number of carbonyl (C=O) groups excluding carboxylic acids is 1. The van der Waals surface area contributed by atoms with Crippen molar-refractivity contribution >= 4 is 33.5 Å². The third-order valence-electron chi connectivity index (χ3n) is 3.19. The lowest BCUT2D eigenvalue weighted by molar-refractivity contribution is 0.244. The van der Waals surface area contributed by atoms with Crippen molar-refractivity contribution in [1.82, 2.24) is 15.3 Å². The van der Waals surface area contributed by atoms with Crippen molar-refractivity contribution in [2.75, 3.05) is 5.32 Å². The quantitative estimate of drug-likeness (QED) is 0.672. The van der Waals surface area contributed by atoms with Gasteiger partial charge in [-0.25, -0.2) is 4.79 Å². The Labute approximate surface area is 128 Å². The zero-order valence-corrected chi connectivity index (χ0v) is 12.8. The summed E-state index contributed by atoms with van der Waals surface area (Å²) in [6, 6.07) is 9.34. The normalized spacial score (nSPS) is 11.6. The minimum atomic E-state index is -0.300. The molecule has 0 radical (unpaired) electrons. The maximum absolute atomic E-state index is 12.1. The topological polar surface area (TPSA) is 66.9 Å². The molecular formula is C17H18N4O. The lowest BCUT2D eigenvalue weighted by atomic mass is 10.1. The summed E-state index contributed by atoms with van der Waals surface area (Å²) < 4.78 is 0. The summed E-state index contributed by atoms with van der Waals surface area (Å²) in [5.74, 6) is 0. The van der Waals surface area contributed by atoms with E-state index in [-0.39, 0.29) is 11.6 Å². The molecule has 5 heteroatoms. The fourth-order valence-corrected chi connectivity index (χ4v) is 2.38. The zero-order chi connectivity index (χ0) is 15.7. The Bertz CT molecular complexity index is 852. The highest BCUT2D eigenvalue weighted by atomic mass is 16.2. The molecule has 0 fully saturated rings. The van der Waals surface area contributed by atoms with Crippen molar-refractivity contribution < 1.29 is 4.79 Å². The van der Waals surface area contributed by atoms with Crippen LogP contribution in [0.4, 0.5) is 10.5 Å². The number of fused-ring (bicyclic) bond motifs is 3. The Kier molecular flexibility index (Phi) is 3.41. The largest absolute Gasteiger partial charge is 0.333 e. The van der Waals surface area contributed by atoms with Gasteiger partial charge in [0, 0.05) is 28.7 Å². The number of hydrogen-bond donors (Lipinski definition) is 2. The second kappa shape index (κ2) is 5.26. The van der Waals surface area contributed by atoms with Gasteiger partial charge in [-0.2, -0.15) is 0 Å². The Balaban J connectivity index is 2.10. The van der Waals surface area contributed by atoms with Crippen molar-refractivity contribution in [3.8, 4) is 0 Å². The number of pyridine rings is 2. The first kappa shape index (κ1) is 14.3. The highest BCUT2D eigenvalue weighted by Crippen LogP contribution is 2.29. The number of urea groups is 1. The van der Waals surface area contributed by atoms with Crippen LogP contribution in [0.2, 0.25) is 0 Å². The van der Waals surface area contributed by atoms with Crippen LogP contribution in [0.15, 0.2) is 42.7 Å². The van der Waals surface area contributed by atoms with Gasteiger partial charge in [-0.3, -0.25) is 9.97 Å². The maximum atomic E-state index is 12.1. The molecule has 0 atom stereocenters. The van der Waals surface area contributed by atoms with Gasteiger partial charge in [0.25, 0.3) is 0 Å². The fraction of sp³-hybridized carbons (Fsp3) is 0.235. The number of hydrogen-bond acceptors (Lipinski definition) is 3. The van der Waals surface area contributed by atoms with Crippen LogP contribution >= 0.6 is 0 Å². The summed E-state index contributed by atoms with van der Waals surface area (Å²) in [6.45, 7) is 5.81. The van der Waals surface area contributed by atoms with Crippen molar-refractivity contribution in [3.05, 3.63) is 42.7 Å². The fourth-order valence-electron chi connectivity index (χ4n) is 2.38. The molecule has 0 saturated carbocycles. The molecule has 0 aliphatic heterocycles. The first-order valence-electron chi connectivity index (χ1n) is 7.16. The lowest BCUT2D eigenvalue weighted by Crippen LogP contribution is -2.43. The van der Waals surface area contributed by atoms with Crippen LogP contribution in [0.25, 0.3) is 21.8 Å². The molecule has 0 unspecified atom stereocenters. The summed E-state index contributed by atoms with van der Waals surface area (Å²) in [7, 11) is 0. The highest BCUT2D eigenvalue weighted by molar-refractivity contribution is 6.11. The number of aromatic nitrogens is 2. The average Bonchev–Trinajstić information content (AvgIpc) is 2.45. The van der Waals surface area contributed by atoms with Crippen molar-refractivity contribution in [3.63, 3.8) is 0 Å². The van der Waals surface area contributed by atoms with E-state index >= 15 is 0 Å². The number of carbonyl (C=O) groups is 1. The minimum Gasteiger partial charge on any atom is -0.333 e. The Morgan fingerprint density at radius 3 is 2.45 bits per heavy atom. The number of nitrogens with zero attached hydrogens (tertiary/aromatic N) is 2. The molecule has 0 spiro atoms. The number of anilines is 1. The van der Waals surface area contributed by atoms with Crippen LogP contribution in [-0.2, 0) is 0 Å². The standard InChI is InChI=1S/C17H18N4O/c1-17(2,3)21-16(22)20-13-10-11-6-4-8-18-14(11)12-7-5-9-19-15(12)13/h4-10H,1-3H3,(H2,20,21,22). The van der Waals surface area contributed by atoms with Gasteiger partial charge in [-0.05, 0) is 45.0 Å². The summed E-state index contributed by atoms with van der Waals surface area (Å²) in [5.41, 5.74) is 1.99. The van der Waals surface area contributed by atoms with E-state index in [1.54, 1.807) is 12.4 Å². The van der Waals surface area contributed by atoms with Gasteiger partial charge in [0.05, 0.1) is 16.7 Å². The SMILES string of the molecule is CC(C)(C)NC(=O)Nc1cc2cccnc2c2cccnc12. The van der Waals surface area contributed by atoms with Gasteiger partial charge in [0.2, 0.25) is 0 Å². The van der Waals surface area contributed by atoms with Crippen molar-refractivity contribution in [1.29, 1.82) is 0 Å². The van der Waals surface area contributed by atoms with Crippen LogP contribution in [0.1, 0.15) is 20.8 Å². The van der Waals surface area contributed by atoms with Crippen LogP contribution in [0, 0.1) is 0 Å². The van der Waals surface area contributed by atoms with E-state index in [0.717, 1.165) is 21.8 Å². The first-order valence-corrected chi connectivity index (χ1v) is 7.16. The molecule has 3 rings (SSSR count). The smallest absolute Gasteiger partial charge is 0.319 e. The summed E-state index contributed by atoms with van der Waals surface area (Å²) in [5, 5.41) is 7.67. The molecule has 5 nitrogen and oxygen atoms in total. The molecule has 0 aliphatic carbocycles. The van der Waals surface area contributed by atoms with E-state index in [2.05, 4.69) is 20.6 Å². The first-order chi connectivity index (χ1) is 10.4. The zero-order valence-electron chi connectivity index (χ0n) is 12.8. The molecule has 2 heterocycles. The molecular weight excluding hydrogens is 276 g/mol. The summed E-state index contributed by atoms with van der Waals surface area (Å²) in [4.78, 5) is 21.0.